The van der Waals surface area contributed by atoms with Crippen molar-refractivity contribution in [3.8, 4) is 0 Å². The van der Waals surface area contributed by atoms with E-state index >= 15 is 0 Å². The Morgan fingerprint density at radius 2 is 1.90 bits per heavy atom. The summed E-state index contributed by atoms with van der Waals surface area (Å²) in [6.45, 7) is 0. The lowest BCUT2D eigenvalue weighted by atomic mass is 10.3. The van der Waals surface area contributed by atoms with Crippen LogP contribution in [0.5, 0.6) is 0 Å². The van der Waals surface area contributed by atoms with Gasteiger partial charge in [-0.3, -0.25) is 0 Å². The van der Waals surface area contributed by atoms with Crippen molar-refractivity contribution in [3.63, 3.8) is 0 Å². The topological polar surface area (TPSA) is 26.0 Å². The van der Waals surface area contributed by atoms with Crippen molar-refractivity contribution in [2.24, 2.45) is 5.73 Å². The predicted molar refractivity (Wildman–Crippen MR) is 49.7 cm³/mol. The van der Waals surface area contributed by atoms with Crippen LogP contribution in [0.4, 0.5) is 0 Å². The van der Waals surface area contributed by atoms with Crippen LogP contribution in [0, 0.1) is 0 Å². The SMILES string of the molecule is N[C@@H]1CC[C@@H]2SCCS[C@@H]12. The van der Waals surface area contributed by atoms with Gasteiger partial charge in [0.1, 0.15) is 0 Å². The van der Waals surface area contributed by atoms with Crippen LogP contribution in [-0.4, -0.2) is 28.0 Å². The molecule has 0 unspecified atom stereocenters. The second-order valence-corrected chi connectivity index (χ2v) is 5.62. The molecule has 1 nitrogen and oxygen atoms in total. The van der Waals surface area contributed by atoms with Crippen LogP contribution in [-0.2, 0) is 0 Å². The standard InChI is InChI=1S/C7H13NS2/c8-5-1-2-6-7(5)10-4-3-9-6/h5-7H,1-4,8H2/t5-,6+,7+/m1/s1. The number of fused-ring (bicyclic) bond motifs is 1. The molecule has 0 amide bonds. The smallest absolute Gasteiger partial charge is 0.0318 e. The summed E-state index contributed by atoms with van der Waals surface area (Å²) < 4.78 is 0. The number of rotatable bonds is 0. The van der Waals surface area contributed by atoms with Crippen molar-refractivity contribution in [1.29, 1.82) is 0 Å². The van der Waals surface area contributed by atoms with Gasteiger partial charge >= 0.3 is 0 Å². The van der Waals surface area contributed by atoms with Gasteiger partial charge in [0.2, 0.25) is 0 Å². The van der Waals surface area contributed by atoms with Gasteiger partial charge in [-0.25, -0.2) is 0 Å². The summed E-state index contributed by atoms with van der Waals surface area (Å²) in [5.74, 6) is 2.66. The molecular weight excluding hydrogens is 162 g/mol. The zero-order chi connectivity index (χ0) is 6.97. The zero-order valence-corrected chi connectivity index (χ0v) is 7.59. The molecule has 3 atom stereocenters. The van der Waals surface area contributed by atoms with E-state index in [4.69, 9.17) is 5.73 Å². The second kappa shape index (κ2) is 2.95. The minimum Gasteiger partial charge on any atom is -0.327 e. The molecule has 1 saturated carbocycles. The molecule has 1 heterocycles. The van der Waals surface area contributed by atoms with Crippen molar-refractivity contribution in [2.75, 3.05) is 11.5 Å². The molecule has 0 spiro atoms. The molecular formula is C7H13NS2. The molecule has 2 rings (SSSR count). The molecule has 58 valence electrons. The van der Waals surface area contributed by atoms with Crippen LogP contribution in [0.2, 0.25) is 0 Å². The molecule has 0 aromatic heterocycles. The van der Waals surface area contributed by atoms with E-state index in [0.29, 0.717) is 6.04 Å². The Kier molecular flexibility index (Phi) is 2.16. The van der Waals surface area contributed by atoms with E-state index in [-0.39, 0.29) is 0 Å². The molecule has 0 aromatic carbocycles. The van der Waals surface area contributed by atoms with Gasteiger partial charge in [0.25, 0.3) is 0 Å². The summed E-state index contributed by atoms with van der Waals surface area (Å²) in [6.07, 6.45) is 2.62. The Hall–Kier alpha value is 0.660. The van der Waals surface area contributed by atoms with Crippen molar-refractivity contribution < 1.29 is 0 Å². The third kappa shape index (κ3) is 1.19. The van der Waals surface area contributed by atoms with Gasteiger partial charge in [-0.15, -0.1) is 0 Å². The van der Waals surface area contributed by atoms with Gasteiger partial charge in [0, 0.05) is 28.0 Å². The van der Waals surface area contributed by atoms with Gasteiger partial charge < -0.3 is 5.73 Å². The van der Waals surface area contributed by atoms with E-state index in [2.05, 4.69) is 23.5 Å². The molecule has 1 aliphatic heterocycles. The largest absolute Gasteiger partial charge is 0.327 e. The quantitative estimate of drug-likeness (QED) is 0.601. The monoisotopic (exact) mass is 175 g/mol. The molecule has 2 aliphatic rings. The first-order chi connectivity index (χ1) is 4.88. The maximum Gasteiger partial charge on any atom is 0.0318 e. The average Bonchev–Trinajstić information content (AvgIpc) is 2.34. The molecule has 1 aliphatic carbocycles. The predicted octanol–water partition coefficient (Wildman–Crippen LogP) is 1.32. The highest BCUT2D eigenvalue weighted by Gasteiger charge is 2.36. The van der Waals surface area contributed by atoms with Crippen molar-refractivity contribution in [3.05, 3.63) is 0 Å². The molecule has 0 radical (unpaired) electrons. The van der Waals surface area contributed by atoms with Crippen LogP contribution in [0.1, 0.15) is 12.8 Å². The lowest BCUT2D eigenvalue weighted by molar-refractivity contribution is 0.716. The van der Waals surface area contributed by atoms with Gasteiger partial charge in [-0.2, -0.15) is 23.5 Å². The first-order valence-corrected chi connectivity index (χ1v) is 5.96. The van der Waals surface area contributed by atoms with Gasteiger partial charge in [0.05, 0.1) is 0 Å². The van der Waals surface area contributed by atoms with Crippen molar-refractivity contribution in [2.45, 2.75) is 29.4 Å². The van der Waals surface area contributed by atoms with E-state index in [1.807, 2.05) is 0 Å². The van der Waals surface area contributed by atoms with Gasteiger partial charge in [0.15, 0.2) is 0 Å². The van der Waals surface area contributed by atoms with Crippen molar-refractivity contribution >= 4 is 23.5 Å². The third-order valence-corrected chi connectivity index (χ3v) is 5.63. The number of hydrogen-bond donors (Lipinski definition) is 1. The lowest BCUT2D eigenvalue weighted by Gasteiger charge is -2.26. The Balaban J connectivity index is 2.01. The summed E-state index contributed by atoms with van der Waals surface area (Å²) in [4.78, 5) is 0. The maximum atomic E-state index is 5.96. The Morgan fingerprint density at radius 1 is 1.10 bits per heavy atom. The van der Waals surface area contributed by atoms with E-state index in [9.17, 15) is 0 Å². The van der Waals surface area contributed by atoms with Crippen LogP contribution < -0.4 is 5.73 Å². The molecule has 10 heavy (non-hydrogen) atoms. The Morgan fingerprint density at radius 3 is 2.70 bits per heavy atom. The highest BCUT2D eigenvalue weighted by Crippen LogP contribution is 2.40. The minimum absolute atomic E-state index is 0.503. The summed E-state index contributed by atoms with van der Waals surface area (Å²) in [7, 11) is 0. The zero-order valence-electron chi connectivity index (χ0n) is 5.95. The van der Waals surface area contributed by atoms with E-state index < -0.39 is 0 Å². The fraction of sp³-hybridized carbons (Fsp3) is 1.00. The second-order valence-electron chi connectivity index (χ2n) is 2.99. The summed E-state index contributed by atoms with van der Waals surface area (Å²) in [5.41, 5.74) is 5.96. The van der Waals surface area contributed by atoms with Gasteiger partial charge in [-0.05, 0) is 12.8 Å². The lowest BCUT2D eigenvalue weighted by Crippen LogP contribution is -2.34. The molecule has 0 bridgehead atoms. The molecule has 0 aromatic rings. The van der Waals surface area contributed by atoms with Crippen LogP contribution in [0.3, 0.4) is 0 Å². The highest BCUT2D eigenvalue weighted by atomic mass is 32.2. The van der Waals surface area contributed by atoms with E-state index in [0.717, 1.165) is 10.5 Å². The Bertz CT molecular complexity index is 127. The number of nitrogens with two attached hydrogens (primary N) is 1. The van der Waals surface area contributed by atoms with E-state index in [1.54, 1.807) is 0 Å². The third-order valence-electron chi connectivity index (χ3n) is 2.30. The van der Waals surface area contributed by atoms with E-state index in [1.165, 1.54) is 24.3 Å². The molecule has 2 fully saturated rings. The fourth-order valence-electron chi connectivity index (χ4n) is 1.75. The normalized spacial score (nSPS) is 47.1. The van der Waals surface area contributed by atoms with Gasteiger partial charge in [-0.1, -0.05) is 0 Å². The first-order valence-electron chi connectivity index (χ1n) is 3.87. The van der Waals surface area contributed by atoms with Crippen LogP contribution in [0.15, 0.2) is 0 Å². The summed E-state index contributed by atoms with van der Waals surface area (Å²) in [5, 5.41) is 1.69. The highest BCUT2D eigenvalue weighted by molar-refractivity contribution is 8.07. The minimum atomic E-state index is 0.503. The molecule has 1 saturated heterocycles. The Labute approximate surface area is 70.5 Å². The summed E-state index contributed by atoms with van der Waals surface area (Å²) in [6, 6.07) is 0.503. The maximum absolute atomic E-state index is 5.96. The number of thioether (sulfide) groups is 2. The summed E-state index contributed by atoms with van der Waals surface area (Å²) >= 11 is 4.23. The first kappa shape index (κ1) is 7.32. The molecule has 3 heteroatoms. The molecule has 2 N–H and O–H groups in total. The number of hydrogen-bond acceptors (Lipinski definition) is 3. The average molecular weight is 175 g/mol. The van der Waals surface area contributed by atoms with Crippen LogP contribution >= 0.6 is 23.5 Å². The van der Waals surface area contributed by atoms with Crippen molar-refractivity contribution in [1.82, 2.24) is 0 Å². The van der Waals surface area contributed by atoms with Crippen LogP contribution in [0.25, 0.3) is 0 Å². The fourth-order valence-corrected chi connectivity index (χ4v) is 5.00.